The number of hydrogen-bond acceptors (Lipinski definition) is 3. The van der Waals surface area contributed by atoms with Gasteiger partial charge in [0.05, 0.1) is 0 Å². The van der Waals surface area contributed by atoms with E-state index in [1.165, 1.54) is 4.70 Å². The highest BCUT2D eigenvalue weighted by Gasteiger charge is 2.12. The molecule has 0 saturated carbocycles. The van der Waals surface area contributed by atoms with Crippen molar-refractivity contribution in [2.24, 2.45) is 0 Å². The molecule has 2 nitrogen and oxygen atoms in total. The van der Waals surface area contributed by atoms with Gasteiger partial charge in [-0.3, -0.25) is 0 Å². The largest absolute Gasteiger partial charge is 0.216 e. The molecule has 0 aliphatic carbocycles. The second-order valence-corrected chi connectivity index (χ2v) is 5.53. The molecular weight excluding hydrogens is 287 g/mol. The zero-order valence-electron chi connectivity index (χ0n) is 9.45. The standard InChI is InChI=1S/C13H8Cl2N2S/c1-7-11(14)16-13(17-12(7)15)9-6-18-10-5-3-2-4-8(9)10/h2-6H,1H3. The van der Waals surface area contributed by atoms with Crippen LogP contribution in [0.3, 0.4) is 0 Å². The van der Waals surface area contributed by atoms with Crippen LogP contribution in [0, 0.1) is 6.92 Å². The number of nitrogens with zero attached hydrogens (tertiary/aromatic N) is 2. The molecule has 0 N–H and O–H groups in total. The monoisotopic (exact) mass is 294 g/mol. The molecule has 0 spiro atoms. The second-order valence-electron chi connectivity index (χ2n) is 3.90. The van der Waals surface area contributed by atoms with Gasteiger partial charge in [-0.2, -0.15) is 0 Å². The van der Waals surface area contributed by atoms with Crippen molar-refractivity contribution >= 4 is 44.6 Å². The van der Waals surface area contributed by atoms with E-state index in [0.717, 1.165) is 10.9 Å². The van der Waals surface area contributed by atoms with Crippen molar-refractivity contribution in [2.75, 3.05) is 0 Å². The molecule has 0 radical (unpaired) electrons. The number of hydrogen-bond donors (Lipinski definition) is 0. The first-order valence-electron chi connectivity index (χ1n) is 5.33. The molecule has 5 heteroatoms. The van der Waals surface area contributed by atoms with E-state index in [1.807, 2.05) is 23.6 Å². The van der Waals surface area contributed by atoms with Gasteiger partial charge in [-0.25, -0.2) is 9.97 Å². The molecule has 0 aliphatic rings. The highest BCUT2D eigenvalue weighted by molar-refractivity contribution is 7.17. The van der Waals surface area contributed by atoms with Gasteiger partial charge in [0.1, 0.15) is 10.3 Å². The lowest BCUT2D eigenvalue weighted by atomic mass is 10.1. The molecule has 0 fully saturated rings. The molecule has 0 unspecified atom stereocenters. The third-order valence-electron chi connectivity index (χ3n) is 2.75. The SMILES string of the molecule is Cc1c(Cl)nc(-c2csc3ccccc23)nc1Cl. The van der Waals surface area contributed by atoms with E-state index in [0.29, 0.717) is 21.7 Å². The summed E-state index contributed by atoms with van der Waals surface area (Å²) in [7, 11) is 0. The maximum Gasteiger partial charge on any atom is 0.164 e. The van der Waals surface area contributed by atoms with Gasteiger partial charge in [0, 0.05) is 26.6 Å². The van der Waals surface area contributed by atoms with Crippen LogP contribution in [-0.2, 0) is 0 Å². The summed E-state index contributed by atoms with van der Waals surface area (Å²) in [6.45, 7) is 1.81. The zero-order valence-corrected chi connectivity index (χ0v) is 11.8. The van der Waals surface area contributed by atoms with Crippen molar-refractivity contribution in [1.29, 1.82) is 0 Å². The Morgan fingerprint density at radius 2 is 1.72 bits per heavy atom. The molecule has 2 aromatic heterocycles. The molecule has 0 atom stereocenters. The Kier molecular flexibility index (Phi) is 2.98. The lowest BCUT2D eigenvalue weighted by Crippen LogP contribution is -1.93. The molecule has 1 aromatic carbocycles. The van der Waals surface area contributed by atoms with Crippen LogP contribution < -0.4 is 0 Å². The first-order valence-corrected chi connectivity index (χ1v) is 6.96. The van der Waals surface area contributed by atoms with Crippen LogP contribution in [0.15, 0.2) is 29.6 Å². The fourth-order valence-corrected chi connectivity index (χ4v) is 3.06. The molecule has 2 heterocycles. The average Bonchev–Trinajstić information content (AvgIpc) is 2.79. The van der Waals surface area contributed by atoms with Crippen molar-refractivity contribution in [3.8, 4) is 11.4 Å². The first kappa shape index (κ1) is 11.9. The highest BCUT2D eigenvalue weighted by atomic mass is 35.5. The summed E-state index contributed by atoms with van der Waals surface area (Å²) >= 11 is 13.8. The van der Waals surface area contributed by atoms with Crippen LogP contribution in [-0.4, -0.2) is 9.97 Å². The summed E-state index contributed by atoms with van der Waals surface area (Å²) < 4.78 is 1.20. The summed E-state index contributed by atoms with van der Waals surface area (Å²) in [5.74, 6) is 0.577. The summed E-state index contributed by atoms with van der Waals surface area (Å²) in [5, 5.41) is 3.96. The predicted molar refractivity (Wildman–Crippen MR) is 77.6 cm³/mol. The third-order valence-corrected chi connectivity index (χ3v) is 4.45. The molecule has 3 rings (SSSR count). The smallest absolute Gasteiger partial charge is 0.164 e. The summed E-state index contributed by atoms with van der Waals surface area (Å²) in [6, 6.07) is 8.13. The number of fused-ring (bicyclic) bond motifs is 1. The summed E-state index contributed by atoms with van der Waals surface area (Å²) in [5.41, 5.74) is 1.68. The van der Waals surface area contributed by atoms with Gasteiger partial charge in [-0.05, 0) is 13.0 Å². The van der Waals surface area contributed by atoms with Crippen molar-refractivity contribution in [1.82, 2.24) is 9.97 Å². The Labute approximate surface area is 118 Å². The van der Waals surface area contributed by atoms with Crippen molar-refractivity contribution < 1.29 is 0 Å². The molecule has 0 amide bonds. The van der Waals surface area contributed by atoms with Gasteiger partial charge in [0.2, 0.25) is 0 Å². The Bertz CT molecular complexity index is 714. The van der Waals surface area contributed by atoms with Crippen LogP contribution in [0.1, 0.15) is 5.56 Å². The first-order chi connectivity index (χ1) is 8.66. The fourth-order valence-electron chi connectivity index (χ4n) is 1.74. The zero-order chi connectivity index (χ0) is 12.7. The number of halogens is 2. The molecule has 0 bridgehead atoms. The van der Waals surface area contributed by atoms with E-state index < -0.39 is 0 Å². The second kappa shape index (κ2) is 4.50. The van der Waals surface area contributed by atoms with Gasteiger partial charge in [0.15, 0.2) is 5.82 Å². The van der Waals surface area contributed by atoms with Crippen molar-refractivity contribution in [3.63, 3.8) is 0 Å². The van der Waals surface area contributed by atoms with Crippen molar-refractivity contribution in [3.05, 3.63) is 45.5 Å². The maximum atomic E-state index is 6.06. The Morgan fingerprint density at radius 3 is 2.44 bits per heavy atom. The van der Waals surface area contributed by atoms with Crippen LogP contribution in [0.5, 0.6) is 0 Å². The Balaban J connectivity index is 2.26. The predicted octanol–water partition coefficient (Wildman–Crippen LogP) is 4.97. The number of aromatic nitrogens is 2. The van der Waals surface area contributed by atoms with E-state index >= 15 is 0 Å². The van der Waals surface area contributed by atoms with Gasteiger partial charge < -0.3 is 0 Å². The lowest BCUT2D eigenvalue weighted by Gasteiger charge is -2.03. The van der Waals surface area contributed by atoms with Crippen LogP contribution >= 0.6 is 34.5 Å². The number of rotatable bonds is 1. The van der Waals surface area contributed by atoms with Crippen LogP contribution in [0.4, 0.5) is 0 Å². The van der Waals surface area contributed by atoms with E-state index in [9.17, 15) is 0 Å². The van der Waals surface area contributed by atoms with Crippen LogP contribution in [0.25, 0.3) is 21.5 Å². The molecule has 18 heavy (non-hydrogen) atoms. The van der Waals surface area contributed by atoms with Gasteiger partial charge in [-0.15, -0.1) is 11.3 Å². The molecule has 90 valence electrons. The molecular formula is C13H8Cl2N2S. The maximum absolute atomic E-state index is 6.06. The third kappa shape index (κ3) is 1.88. The highest BCUT2D eigenvalue weighted by Crippen LogP contribution is 2.33. The normalized spacial score (nSPS) is 11.1. The van der Waals surface area contributed by atoms with E-state index in [1.54, 1.807) is 18.3 Å². The lowest BCUT2D eigenvalue weighted by molar-refractivity contribution is 1.14. The topological polar surface area (TPSA) is 25.8 Å². The minimum absolute atomic E-state index is 0.403. The van der Waals surface area contributed by atoms with Gasteiger partial charge >= 0.3 is 0 Å². The molecule has 3 aromatic rings. The average molecular weight is 295 g/mol. The van der Waals surface area contributed by atoms with E-state index in [-0.39, 0.29) is 0 Å². The fraction of sp³-hybridized carbons (Fsp3) is 0.0769. The van der Waals surface area contributed by atoms with E-state index in [4.69, 9.17) is 23.2 Å². The number of thiophene rings is 1. The minimum Gasteiger partial charge on any atom is -0.216 e. The Hall–Kier alpha value is -1.16. The van der Waals surface area contributed by atoms with Crippen LogP contribution in [0.2, 0.25) is 10.3 Å². The quantitative estimate of drug-likeness (QED) is 0.592. The molecule has 0 aliphatic heterocycles. The minimum atomic E-state index is 0.403. The summed E-state index contributed by atoms with van der Waals surface area (Å²) in [6.07, 6.45) is 0. The van der Waals surface area contributed by atoms with Gasteiger partial charge in [0.25, 0.3) is 0 Å². The van der Waals surface area contributed by atoms with Gasteiger partial charge in [-0.1, -0.05) is 41.4 Å². The Morgan fingerprint density at radius 1 is 1.06 bits per heavy atom. The van der Waals surface area contributed by atoms with E-state index in [2.05, 4.69) is 16.0 Å². The molecule has 0 saturated heterocycles. The summed E-state index contributed by atoms with van der Waals surface area (Å²) in [4.78, 5) is 8.61. The van der Waals surface area contributed by atoms with Crippen molar-refractivity contribution in [2.45, 2.75) is 6.92 Å². The number of benzene rings is 1.